The maximum atomic E-state index is 12.3. The van der Waals surface area contributed by atoms with Crippen LogP contribution in [0, 0.1) is 19.8 Å². The lowest BCUT2D eigenvalue weighted by atomic mass is 10.0. The number of amides is 2. The molecule has 2 N–H and O–H groups in total. The van der Waals surface area contributed by atoms with Gasteiger partial charge in [0, 0.05) is 31.6 Å². The molecule has 23 heavy (non-hydrogen) atoms. The lowest BCUT2D eigenvalue weighted by Gasteiger charge is -2.34. The fraction of sp³-hybridized carbons (Fsp3) is 0.647. The van der Waals surface area contributed by atoms with E-state index in [1.807, 2.05) is 25.8 Å². The molecule has 0 aliphatic carbocycles. The van der Waals surface area contributed by atoms with E-state index in [2.05, 4.69) is 10.6 Å². The molecule has 1 aliphatic heterocycles. The molecule has 128 valence electrons. The fourth-order valence-electron chi connectivity index (χ4n) is 3.07. The molecule has 2 heterocycles. The molecule has 0 bridgehead atoms. The van der Waals surface area contributed by atoms with Gasteiger partial charge in [0.1, 0.15) is 11.5 Å². The Labute approximate surface area is 137 Å². The molecule has 0 radical (unpaired) electrons. The van der Waals surface area contributed by atoms with Crippen LogP contribution in [0.2, 0.25) is 0 Å². The highest BCUT2D eigenvalue weighted by molar-refractivity contribution is 5.95. The number of carbonyl (C=O) groups excluding carboxylic acids is 2. The number of aryl methyl sites for hydroxylation is 2. The standard InChI is InChI=1S/C17H27N3O3/c1-11(10-18-4)17(22)20-7-5-14(6-8-20)19-16(21)15-9-12(2)23-13(15)3/h9,11,14,18H,5-8,10H2,1-4H3,(H,19,21). The minimum absolute atomic E-state index is 0.0114. The van der Waals surface area contributed by atoms with E-state index < -0.39 is 0 Å². The van der Waals surface area contributed by atoms with Crippen molar-refractivity contribution in [1.82, 2.24) is 15.5 Å². The van der Waals surface area contributed by atoms with Gasteiger partial charge in [-0.25, -0.2) is 0 Å². The molecule has 0 aromatic carbocycles. The smallest absolute Gasteiger partial charge is 0.255 e. The minimum Gasteiger partial charge on any atom is -0.466 e. The Morgan fingerprint density at radius 1 is 1.35 bits per heavy atom. The van der Waals surface area contributed by atoms with Crippen molar-refractivity contribution in [3.05, 3.63) is 23.2 Å². The first-order chi connectivity index (χ1) is 10.9. The van der Waals surface area contributed by atoms with Crippen molar-refractivity contribution in [2.75, 3.05) is 26.7 Å². The molecular formula is C17H27N3O3. The highest BCUT2D eigenvalue weighted by atomic mass is 16.3. The molecule has 1 aromatic rings. The largest absolute Gasteiger partial charge is 0.466 e. The van der Waals surface area contributed by atoms with Crippen molar-refractivity contribution < 1.29 is 14.0 Å². The molecule has 0 spiro atoms. The van der Waals surface area contributed by atoms with Crippen LogP contribution in [0.5, 0.6) is 0 Å². The molecule has 6 nitrogen and oxygen atoms in total. The Hall–Kier alpha value is -1.82. The summed E-state index contributed by atoms with van der Waals surface area (Å²) in [4.78, 5) is 26.5. The first-order valence-corrected chi connectivity index (χ1v) is 8.23. The van der Waals surface area contributed by atoms with Crippen molar-refractivity contribution in [2.45, 2.75) is 39.7 Å². The van der Waals surface area contributed by atoms with Gasteiger partial charge in [-0.05, 0) is 39.8 Å². The molecule has 2 rings (SSSR count). The monoisotopic (exact) mass is 321 g/mol. The number of likely N-dealkylation sites (tertiary alicyclic amines) is 1. The van der Waals surface area contributed by atoms with Crippen molar-refractivity contribution in [2.24, 2.45) is 5.92 Å². The average molecular weight is 321 g/mol. The highest BCUT2D eigenvalue weighted by Gasteiger charge is 2.27. The van der Waals surface area contributed by atoms with E-state index in [4.69, 9.17) is 4.42 Å². The maximum Gasteiger partial charge on any atom is 0.255 e. The lowest BCUT2D eigenvalue weighted by Crippen LogP contribution is -2.48. The first-order valence-electron chi connectivity index (χ1n) is 8.23. The van der Waals surface area contributed by atoms with Crippen molar-refractivity contribution in [3.63, 3.8) is 0 Å². The van der Waals surface area contributed by atoms with Crippen molar-refractivity contribution in [1.29, 1.82) is 0 Å². The minimum atomic E-state index is -0.0901. The Bertz CT molecular complexity index is 559. The first kappa shape index (κ1) is 17.5. The predicted octanol–water partition coefficient (Wildman–Crippen LogP) is 1.47. The summed E-state index contributed by atoms with van der Waals surface area (Å²) in [5, 5.41) is 6.09. The zero-order chi connectivity index (χ0) is 17.0. The fourth-order valence-corrected chi connectivity index (χ4v) is 3.07. The van der Waals surface area contributed by atoms with Crippen LogP contribution in [-0.4, -0.2) is 49.4 Å². The second-order valence-corrected chi connectivity index (χ2v) is 6.36. The SMILES string of the molecule is CNCC(C)C(=O)N1CCC(NC(=O)c2cc(C)oc2C)CC1. The summed E-state index contributed by atoms with van der Waals surface area (Å²) in [6.45, 7) is 7.65. The van der Waals surface area contributed by atoms with Gasteiger partial charge in [0.05, 0.1) is 5.56 Å². The van der Waals surface area contributed by atoms with E-state index in [9.17, 15) is 9.59 Å². The van der Waals surface area contributed by atoms with E-state index in [-0.39, 0.29) is 23.8 Å². The summed E-state index contributed by atoms with van der Waals surface area (Å²) in [6.07, 6.45) is 1.58. The molecule has 6 heteroatoms. The van der Waals surface area contributed by atoms with Crippen LogP contribution in [-0.2, 0) is 4.79 Å². The Balaban J connectivity index is 1.84. The average Bonchev–Trinajstić information content (AvgIpc) is 2.86. The summed E-state index contributed by atoms with van der Waals surface area (Å²) < 4.78 is 5.40. The third-order valence-electron chi connectivity index (χ3n) is 4.36. The van der Waals surface area contributed by atoms with E-state index in [1.165, 1.54) is 0 Å². The van der Waals surface area contributed by atoms with E-state index in [1.54, 1.807) is 13.0 Å². The number of rotatable bonds is 5. The van der Waals surface area contributed by atoms with Gasteiger partial charge in [0.15, 0.2) is 0 Å². The topological polar surface area (TPSA) is 74.6 Å². The number of nitrogens with one attached hydrogen (secondary N) is 2. The number of nitrogens with zero attached hydrogens (tertiary/aromatic N) is 1. The van der Waals surface area contributed by atoms with Crippen LogP contribution in [0.25, 0.3) is 0 Å². The van der Waals surface area contributed by atoms with Gasteiger partial charge in [-0.3, -0.25) is 9.59 Å². The number of furan rings is 1. The van der Waals surface area contributed by atoms with Gasteiger partial charge in [0.25, 0.3) is 5.91 Å². The molecule has 1 saturated heterocycles. The summed E-state index contributed by atoms with van der Waals surface area (Å²) in [5.41, 5.74) is 0.601. The second kappa shape index (κ2) is 7.64. The summed E-state index contributed by atoms with van der Waals surface area (Å²) in [6, 6.07) is 1.88. The van der Waals surface area contributed by atoms with Crippen LogP contribution in [0.15, 0.2) is 10.5 Å². The molecule has 1 atom stereocenters. The molecule has 1 aromatic heterocycles. The molecule has 1 unspecified atom stereocenters. The van der Waals surface area contributed by atoms with Crippen LogP contribution in [0.3, 0.4) is 0 Å². The molecular weight excluding hydrogens is 294 g/mol. The number of carbonyl (C=O) groups is 2. The maximum absolute atomic E-state index is 12.3. The predicted molar refractivity (Wildman–Crippen MR) is 88.3 cm³/mol. The van der Waals surface area contributed by atoms with Crippen LogP contribution < -0.4 is 10.6 Å². The summed E-state index contributed by atoms with van der Waals surface area (Å²) in [7, 11) is 1.85. The van der Waals surface area contributed by atoms with Gasteiger partial charge >= 0.3 is 0 Å². The summed E-state index contributed by atoms with van der Waals surface area (Å²) in [5.74, 6) is 1.47. The van der Waals surface area contributed by atoms with Gasteiger partial charge in [-0.2, -0.15) is 0 Å². The van der Waals surface area contributed by atoms with Gasteiger partial charge < -0.3 is 20.0 Å². The Morgan fingerprint density at radius 3 is 2.52 bits per heavy atom. The highest BCUT2D eigenvalue weighted by Crippen LogP contribution is 2.17. The molecule has 0 saturated carbocycles. The van der Waals surface area contributed by atoms with E-state index >= 15 is 0 Å². The third-order valence-corrected chi connectivity index (χ3v) is 4.36. The zero-order valence-electron chi connectivity index (χ0n) is 14.4. The van der Waals surface area contributed by atoms with Crippen LogP contribution in [0.4, 0.5) is 0 Å². The molecule has 1 fully saturated rings. The second-order valence-electron chi connectivity index (χ2n) is 6.36. The molecule has 2 amide bonds. The van der Waals surface area contributed by atoms with Crippen molar-refractivity contribution in [3.8, 4) is 0 Å². The summed E-state index contributed by atoms with van der Waals surface area (Å²) >= 11 is 0. The normalized spacial score (nSPS) is 17.1. The number of hydrogen-bond acceptors (Lipinski definition) is 4. The third kappa shape index (κ3) is 4.34. The Morgan fingerprint density at radius 2 is 2.00 bits per heavy atom. The number of piperidine rings is 1. The van der Waals surface area contributed by atoms with Crippen LogP contribution in [0.1, 0.15) is 41.6 Å². The molecule has 1 aliphatic rings. The van der Waals surface area contributed by atoms with Gasteiger partial charge in [-0.1, -0.05) is 6.92 Å². The zero-order valence-corrected chi connectivity index (χ0v) is 14.4. The van der Waals surface area contributed by atoms with Crippen LogP contribution >= 0.6 is 0 Å². The quantitative estimate of drug-likeness (QED) is 0.861. The van der Waals surface area contributed by atoms with Gasteiger partial charge in [-0.15, -0.1) is 0 Å². The van der Waals surface area contributed by atoms with Crippen molar-refractivity contribution >= 4 is 11.8 Å². The Kier molecular flexibility index (Phi) is 5.82. The lowest BCUT2D eigenvalue weighted by molar-refractivity contribution is -0.135. The van der Waals surface area contributed by atoms with Gasteiger partial charge in [0.2, 0.25) is 5.91 Å². The number of hydrogen-bond donors (Lipinski definition) is 2. The van der Waals surface area contributed by atoms with E-state index in [0.717, 1.165) is 18.6 Å². The van der Waals surface area contributed by atoms with E-state index in [0.29, 0.717) is 31.0 Å².